The zero-order valence-corrected chi connectivity index (χ0v) is 26.1. The molecule has 17 heteroatoms. The predicted molar refractivity (Wildman–Crippen MR) is 176 cm³/mol. The maximum Gasteiger partial charge on any atom is 0.326 e. The number of aromatic amines is 1. The van der Waals surface area contributed by atoms with Gasteiger partial charge in [-0.2, -0.15) is 11.8 Å². The van der Waals surface area contributed by atoms with Gasteiger partial charge in [0.15, 0.2) is 11.9 Å². The Balaban J connectivity index is 2.20. The summed E-state index contributed by atoms with van der Waals surface area (Å²) in [6.07, 6.45) is 4.85. The maximum atomic E-state index is 13.5. The topological polar surface area (TPSA) is 295 Å². The van der Waals surface area contributed by atoms with Gasteiger partial charge in [-0.1, -0.05) is 18.2 Å². The van der Waals surface area contributed by atoms with Gasteiger partial charge in [-0.05, 0) is 62.2 Å². The number of nitrogens with two attached hydrogens (primary N) is 5. The highest BCUT2D eigenvalue weighted by molar-refractivity contribution is 7.98. The van der Waals surface area contributed by atoms with E-state index in [1.165, 1.54) is 11.8 Å². The lowest BCUT2D eigenvalue weighted by Gasteiger charge is -2.25. The molecule has 0 saturated carbocycles. The number of benzene rings is 1. The summed E-state index contributed by atoms with van der Waals surface area (Å²) in [7, 11) is 0. The number of aliphatic imine (C=N–C) groups is 2. The van der Waals surface area contributed by atoms with E-state index >= 15 is 0 Å². The molecule has 0 spiro atoms. The van der Waals surface area contributed by atoms with Gasteiger partial charge in [-0.15, -0.1) is 0 Å². The zero-order valence-electron chi connectivity index (χ0n) is 25.3. The van der Waals surface area contributed by atoms with E-state index < -0.39 is 47.9 Å². The normalized spacial score (nSPS) is 13.6. The van der Waals surface area contributed by atoms with E-state index in [9.17, 15) is 24.3 Å². The quantitative estimate of drug-likeness (QED) is 0.0445. The second kappa shape index (κ2) is 19.0. The number of aromatic nitrogens is 1. The number of nitrogens with one attached hydrogen (secondary N) is 4. The Morgan fingerprint density at radius 3 is 1.91 bits per heavy atom. The molecular formula is C28H45N11O5S. The van der Waals surface area contributed by atoms with Gasteiger partial charge >= 0.3 is 5.97 Å². The molecule has 1 heterocycles. The molecule has 0 fully saturated rings. The van der Waals surface area contributed by atoms with Crippen molar-refractivity contribution in [2.75, 3.05) is 25.1 Å². The van der Waals surface area contributed by atoms with Crippen molar-refractivity contribution in [3.8, 4) is 0 Å². The fourth-order valence-electron chi connectivity index (χ4n) is 4.49. The summed E-state index contributed by atoms with van der Waals surface area (Å²) in [4.78, 5) is 62.7. The van der Waals surface area contributed by atoms with E-state index in [1.54, 1.807) is 6.20 Å². The largest absolute Gasteiger partial charge is 0.480 e. The molecule has 3 amide bonds. The zero-order chi connectivity index (χ0) is 33.4. The van der Waals surface area contributed by atoms with Crippen molar-refractivity contribution in [2.24, 2.45) is 38.7 Å². The van der Waals surface area contributed by atoms with Gasteiger partial charge in [0.25, 0.3) is 0 Å². The first-order valence-corrected chi connectivity index (χ1v) is 15.9. The third-order valence-corrected chi connectivity index (χ3v) is 7.48. The number of guanidine groups is 2. The molecule has 1 aromatic heterocycles. The van der Waals surface area contributed by atoms with Crippen LogP contribution in [0.3, 0.4) is 0 Å². The van der Waals surface area contributed by atoms with Gasteiger partial charge < -0.3 is 54.7 Å². The SMILES string of the molecule is CSCCC(NC(=O)C(CCCN=C(N)N)NC(=O)C(CCCN=C(N)N)NC(=O)C(N)Cc1c[nH]c2ccccc12)C(=O)O. The molecule has 0 bridgehead atoms. The minimum atomic E-state index is -1.20. The minimum Gasteiger partial charge on any atom is -0.480 e. The van der Waals surface area contributed by atoms with Crippen LogP contribution in [0.25, 0.3) is 10.9 Å². The average Bonchev–Trinajstić information content (AvgIpc) is 3.40. The van der Waals surface area contributed by atoms with E-state index in [-0.39, 0.29) is 50.7 Å². The van der Waals surface area contributed by atoms with Crippen molar-refractivity contribution in [1.29, 1.82) is 0 Å². The third-order valence-electron chi connectivity index (χ3n) is 6.83. The Hall–Kier alpha value is -4.51. The van der Waals surface area contributed by atoms with Gasteiger partial charge in [0.2, 0.25) is 17.7 Å². The number of thioether (sulfide) groups is 1. The molecule has 0 aliphatic heterocycles. The highest BCUT2D eigenvalue weighted by atomic mass is 32.2. The van der Waals surface area contributed by atoms with E-state index in [0.717, 1.165) is 16.5 Å². The molecule has 248 valence electrons. The van der Waals surface area contributed by atoms with Crippen molar-refractivity contribution in [3.05, 3.63) is 36.0 Å². The van der Waals surface area contributed by atoms with Crippen molar-refractivity contribution in [2.45, 2.75) is 62.7 Å². The molecule has 45 heavy (non-hydrogen) atoms. The summed E-state index contributed by atoms with van der Waals surface area (Å²) in [5.41, 5.74) is 29.6. The Bertz CT molecular complexity index is 1340. The molecule has 1 aromatic carbocycles. The summed E-state index contributed by atoms with van der Waals surface area (Å²) in [5.74, 6) is -2.87. The number of fused-ring (bicyclic) bond motifs is 1. The monoisotopic (exact) mass is 647 g/mol. The Morgan fingerprint density at radius 2 is 1.38 bits per heavy atom. The summed E-state index contributed by atoms with van der Waals surface area (Å²) in [6.45, 7) is 0.375. The van der Waals surface area contributed by atoms with Gasteiger partial charge in [-0.25, -0.2) is 4.79 Å². The van der Waals surface area contributed by atoms with Crippen LogP contribution in [0.1, 0.15) is 37.7 Å². The van der Waals surface area contributed by atoms with Gasteiger partial charge in [0.1, 0.15) is 18.1 Å². The average molecular weight is 648 g/mol. The number of nitrogens with zero attached hydrogens (tertiary/aromatic N) is 2. The number of aliphatic carboxylic acids is 1. The van der Waals surface area contributed by atoms with Crippen LogP contribution in [0.2, 0.25) is 0 Å². The summed E-state index contributed by atoms with van der Waals surface area (Å²) >= 11 is 1.44. The number of carboxylic acid groups (broad SMARTS) is 1. The lowest BCUT2D eigenvalue weighted by molar-refractivity contribution is -0.142. The van der Waals surface area contributed by atoms with Crippen LogP contribution in [0.15, 0.2) is 40.4 Å². The molecule has 2 aromatic rings. The lowest BCUT2D eigenvalue weighted by Crippen LogP contribution is -2.57. The fourth-order valence-corrected chi connectivity index (χ4v) is 4.96. The Morgan fingerprint density at radius 1 is 0.844 bits per heavy atom. The van der Waals surface area contributed by atoms with Crippen LogP contribution >= 0.6 is 11.8 Å². The molecule has 4 atom stereocenters. The molecule has 0 radical (unpaired) electrons. The molecule has 0 saturated heterocycles. The van der Waals surface area contributed by atoms with E-state index in [1.807, 2.05) is 30.5 Å². The number of carbonyl (C=O) groups is 4. The second-order valence-corrected chi connectivity index (χ2v) is 11.4. The number of rotatable bonds is 20. The molecule has 16 nitrogen and oxygen atoms in total. The van der Waals surface area contributed by atoms with Crippen molar-refractivity contribution in [1.82, 2.24) is 20.9 Å². The van der Waals surface area contributed by atoms with Crippen LogP contribution in [-0.2, 0) is 25.6 Å². The number of carboxylic acids is 1. The van der Waals surface area contributed by atoms with Crippen LogP contribution in [0.4, 0.5) is 0 Å². The smallest absolute Gasteiger partial charge is 0.326 e. The molecule has 4 unspecified atom stereocenters. The van der Waals surface area contributed by atoms with Gasteiger partial charge in [0, 0.05) is 30.2 Å². The van der Waals surface area contributed by atoms with Crippen molar-refractivity contribution < 1.29 is 24.3 Å². The summed E-state index contributed by atoms with van der Waals surface area (Å²) in [5, 5.41) is 18.4. The predicted octanol–water partition coefficient (Wildman–Crippen LogP) is -1.56. The Labute approximate surface area is 265 Å². The number of carbonyl (C=O) groups excluding carboxylic acids is 3. The lowest BCUT2D eigenvalue weighted by atomic mass is 10.0. The molecule has 0 aliphatic carbocycles. The molecule has 15 N–H and O–H groups in total. The second-order valence-electron chi connectivity index (χ2n) is 10.4. The number of amides is 3. The van der Waals surface area contributed by atoms with Gasteiger partial charge in [0.05, 0.1) is 6.04 Å². The number of H-pyrrole nitrogens is 1. The third kappa shape index (κ3) is 12.9. The van der Waals surface area contributed by atoms with Crippen molar-refractivity contribution in [3.63, 3.8) is 0 Å². The first-order chi connectivity index (χ1) is 21.4. The van der Waals surface area contributed by atoms with Crippen molar-refractivity contribution >= 4 is 58.3 Å². The summed E-state index contributed by atoms with van der Waals surface area (Å²) in [6, 6.07) is 3.23. The highest BCUT2D eigenvalue weighted by Gasteiger charge is 2.30. The maximum absolute atomic E-state index is 13.5. The van der Waals surface area contributed by atoms with Crippen LogP contribution in [-0.4, -0.2) is 95.0 Å². The first kappa shape index (κ1) is 36.7. The van der Waals surface area contributed by atoms with E-state index in [4.69, 9.17) is 28.7 Å². The van der Waals surface area contributed by atoms with Gasteiger partial charge in [-0.3, -0.25) is 24.4 Å². The van der Waals surface area contributed by atoms with E-state index in [0.29, 0.717) is 18.6 Å². The minimum absolute atomic E-state index is 0.0952. The highest BCUT2D eigenvalue weighted by Crippen LogP contribution is 2.19. The number of hydrogen-bond acceptors (Lipinski definition) is 8. The van der Waals surface area contributed by atoms with E-state index in [2.05, 4.69) is 30.9 Å². The summed E-state index contributed by atoms with van der Waals surface area (Å²) < 4.78 is 0. The number of hydrogen-bond donors (Lipinski definition) is 10. The van der Waals surface area contributed by atoms with Crippen LogP contribution in [0.5, 0.6) is 0 Å². The number of para-hydroxylation sites is 1. The Kier molecular flexibility index (Phi) is 15.5. The standard InChI is InChI=1S/C28H45N11O5S/c1-45-13-10-22(26(43)44)39-25(42)21(9-5-12-35-28(32)33)38-24(41)20(8-4-11-34-27(30)31)37-23(40)18(29)14-16-15-36-19-7-3-2-6-17(16)19/h2-3,6-7,15,18,20-22,36H,4-5,8-14,29H2,1H3,(H,37,40)(H,38,41)(H,39,42)(H,43,44)(H4,30,31,34)(H4,32,33,35). The molecule has 2 rings (SSSR count). The molecule has 0 aliphatic rings. The molecular weight excluding hydrogens is 602 g/mol. The fraction of sp³-hybridized carbons (Fsp3) is 0.500. The van der Waals surface area contributed by atoms with Crippen LogP contribution < -0.4 is 44.6 Å². The first-order valence-electron chi connectivity index (χ1n) is 14.5. The van der Waals surface area contributed by atoms with Crippen LogP contribution in [0, 0.1) is 0 Å².